The van der Waals surface area contributed by atoms with Gasteiger partial charge in [-0.2, -0.15) is 0 Å². The Morgan fingerprint density at radius 1 is 0.758 bits per heavy atom. The van der Waals surface area contributed by atoms with Crippen LogP contribution in [0.5, 0.6) is 17.2 Å². The molecular weight excluding hydrogens is 420 g/mol. The van der Waals surface area contributed by atoms with Crippen LogP contribution in [0.4, 0.5) is 11.4 Å². The highest BCUT2D eigenvalue weighted by atomic mass is 16.5. The third-order valence-electron chi connectivity index (χ3n) is 5.49. The summed E-state index contributed by atoms with van der Waals surface area (Å²) in [5, 5.41) is 3.14. The fourth-order valence-electron chi connectivity index (χ4n) is 3.74. The molecule has 0 radical (unpaired) electrons. The van der Waals surface area contributed by atoms with Gasteiger partial charge in [-0.15, -0.1) is 0 Å². The highest BCUT2D eigenvalue weighted by Crippen LogP contribution is 2.37. The number of rotatable bonds is 7. The van der Waals surface area contributed by atoms with Crippen molar-refractivity contribution in [2.75, 3.05) is 31.5 Å². The largest absolute Gasteiger partial charge is 0.497 e. The van der Waals surface area contributed by atoms with Crippen molar-refractivity contribution in [3.8, 4) is 17.2 Å². The van der Waals surface area contributed by atoms with Crippen molar-refractivity contribution < 1.29 is 23.8 Å². The van der Waals surface area contributed by atoms with Crippen molar-refractivity contribution in [1.29, 1.82) is 0 Å². The molecule has 1 aliphatic rings. The second-order valence-electron chi connectivity index (χ2n) is 7.40. The molecule has 7 heteroatoms. The third kappa shape index (κ3) is 4.01. The smallest absolute Gasteiger partial charge is 0.282 e. The summed E-state index contributed by atoms with van der Waals surface area (Å²) in [6, 6.07) is 19.5. The molecule has 2 amide bonds. The van der Waals surface area contributed by atoms with Gasteiger partial charge in [-0.05, 0) is 48.4 Å². The minimum Gasteiger partial charge on any atom is -0.497 e. The quantitative estimate of drug-likeness (QED) is 0.544. The fraction of sp³-hybridized carbons (Fsp3) is 0.154. The number of anilines is 2. The summed E-state index contributed by atoms with van der Waals surface area (Å²) in [6.07, 6.45) is 0. The predicted octanol–water partition coefficient (Wildman–Crippen LogP) is 4.42. The molecule has 0 saturated carbocycles. The zero-order chi connectivity index (χ0) is 23.5. The first-order chi connectivity index (χ1) is 16.0. The lowest BCUT2D eigenvalue weighted by molar-refractivity contribution is -0.120. The summed E-state index contributed by atoms with van der Waals surface area (Å²) in [7, 11) is 4.66. The molecule has 1 aliphatic heterocycles. The molecule has 168 valence electrons. The van der Waals surface area contributed by atoms with Crippen LogP contribution in [0.25, 0.3) is 5.57 Å². The Morgan fingerprint density at radius 3 is 2.06 bits per heavy atom. The molecule has 3 aromatic carbocycles. The summed E-state index contributed by atoms with van der Waals surface area (Å²) in [5.74, 6) is 0.883. The molecule has 0 fully saturated rings. The number of nitrogens with zero attached hydrogens (tertiary/aromatic N) is 1. The summed E-state index contributed by atoms with van der Waals surface area (Å²) < 4.78 is 16.0. The van der Waals surface area contributed by atoms with Gasteiger partial charge in [-0.25, -0.2) is 4.90 Å². The first kappa shape index (κ1) is 22.0. The molecule has 0 atom stereocenters. The van der Waals surface area contributed by atoms with E-state index in [9.17, 15) is 9.59 Å². The first-order valence-corrected chi connectivity index (χ1v) is 10.3. The van der Waals surface area contributed by atoms with Crippen LogP contribution < -0.4 is 24.4 Å². The SMILES string of the molecule is COc1ccc(C2=C(Nc3ccc(OC)cc3OC)C(=O)N(c3ccccc3C)C2=O)cc1. The number of aryl methyl sites for hydroxylation is 1. The van der Waals surface area contributed by atoms with Crippen LogP contribution in [0.2, 0.25) is 0 Å². The molecule has 1 heterocycles. The standard InChI is InChI=1S/C26H24N2O5/c1-16-7-5-6-8-21(16)28-25(29)23(17-9-11-18(31-2)12-10-17)24(26(28)30)27-20-14-13-19(32-3)15-22(20)33-4/h5-15,27H,1-4H3. The molecular formula is C26H24N2O5. The summed E-state index contributed by atoms with van der Waals surface area (Å²) in [6.45, 7) is 1.86. The molecule has 3 aromatic rings. The topological polar surface area (TPSA) is 77.1 Å². The molecule has 33 heavy (non-hydrogen) atoms. The maximum Gasteiger partial charge on any atom is 0.282 e. The van der Waals surface area contributed by atoms with Gasteiger partial charge in [0.15, 0.2) is 0 Å². The van der Waals surface area contributed by atoms with Gasteiger partial charge in [0.25, 0.3) is 11.8 Å². The van der Waals surface area contributed by atoms with Crippen molar-refractivity contribution >= 4 is 28.8 Å². The van der Waals surface area contributed by atoms with Crippen molar-refractivity contribution in [2.24, 2.45) is 0 Å². The first-order valence-electron chi connectivity index (χ1n) is 10.3. The van der Waals surface area contributed by atoms with E-state index in [4.69, 9.17) is 14.2 Å². The average Bonchev–Trinajstić information content (AvgIpc) is 3.08. The Kier molecular flexibility index (Phi) is 6.04. The number of hydrogen-bond donors (Lipinski definition) is 1. The molecule has 0 spiro atoms. The van der Waals surface area contributed by atoms with Gasteiger partial charge in [0, 0.05) is 6.07 Å². The molecule has 0 saturated heterocycles. The molecule has 0 aromatic heterocycles. The third-order valence-corrected chi connectivity index (χ3v) is 5.49. The lowest BCUT2D eigenvalue weighted by Gasteiger charge is -2.18. The van der Waals surface area contributed by atoms with E-state index in [2.05, 4.69) is 5.32 Å². The van der Waals surface area contributed by atoms with E-state index in [1.807, 2.05) is 19.1 Å². The van der Waals surface area contributed by atoms with Gasteiger partial charge in [-0.1, -0.05) is 30.3 Å². The number of carbonyl (C=O) groups excluding carboxylic acids is 2. The van der Waals surface area contributed by atoms with Crippen molar-refractivity contribution in [2.45, 2.75) is 6.92 Å². The van der Waals surface area contributed by atoms with Crippen LogP contribution in [0, 0.1) is 6.92 Å². The molecule has 0 bridgehead atoms. The Hall–Kier alpha value is -4.26. The van der Waals surface area contributed by atoms with Gasteiger partial charge in [0.05, 0.1) is 38.3 Å². The van der Waals surface area contributed by atoms with Crippen LogP contribution in [0.3, 0.4) is 0 Å². The minimum absolute atomic E-state index is 0.164. The number of benzene rings is 3. The van der Waals surface area contributed by atoms with E-state index in [1.54, 1.807) is 68.8 Å². The number of para-hydroxylation sites is 1. The van der Waals surface area contributed by atoms with Gasteiger partial charge < -0.3 is 19.5 Å². The average molecular weight is 444 g/mol. The molecule has 7 nitrogen and oxygen atoms in total. The Bertz CT molecular complexity index is 1250. The van der Waals surface area contributed by atoms with Crippen molar-refractivity contribution in [3.63, 3.8) is 0 Å². The monoisotopic (exact) mass is 444 g/mol. The Balaban J connectivity index is 1.84. The van der Waals surface area contributed by atoms with Crippen molar-refractivity contribution in [3.05, 3.63) is 83.6 Å². The van der Waals surface area contributed by atoms with Crippen LogP contribution in [-0.4, -0.2) is 33.1 Å². The molecule has 4 rings (SSSR count). The predicted molar refractivity (Wildman–Crippen MR) is 127 cm³/mol. The number of carbonyl (C=O) groups is 2. The summed E-state index contributed by atoms with van der Waals surface area (Å²) >= 11 is 0. The van der Waals surface area contributed by atoms with E-state index in [0.717, 1.165) is 5.56 Å². The van der Waals surface area contributed by atoms with E-state index >= 15 is 0 Å². The Labute approximate surface area is 192 Å². The fourth-order valence-corrected chi connectivity index (χ4v) is 3.74. The summed E-state index contributed by atoms with van der Waals surface area (Å²) in [5.41, 5.74) is 2.92. The highest BCUT2D eigenvalue weighted by molar-refractivity contribution is 6.46. The molecule has 0 unspecified atom stereocenters. The van der Waals surface area contributed by atoms with Crippen LogP contribution >= 0.6 is 0 Å². The number of hydrogen-bond acceptors (Lipinski definition) is 6. The van der Waals surface area contributed by atoms with Crippen molar-refractivity contribution in [1.82, 2.24) is 0 Å². The lowest BCUT2D eigenvalue weighted by atomic mass is 10.0. The number of methoxy groups -OCH3 is 3. The van der Waals surface area contributed by atoms with E-state index < -0.39 is 11.8 Å². The van der Waals surface area contributed by atoms with E-state index in [0.29, 0.717) is 34.2 Å². The molecule has 1 N–H and O–H groups in total. The highest BCUT2D eigenvalue weighted by Gasteiger charge is 2.41. The maximum absolute atomic E-state index is 13.6. The lowest BCUT2D eigenvalue weighted by Crippen LogP contribution is -2.33. The van der Waals surface area contributed by atoms with Gasteiger partial charge in [-0.3, -0.25) is 9.59 Å². The van der Waals surface area contributed by atoms with Crippen LogP contribution in [0.1, 0.15) is 11.1 Å². The van der Waals surface area contributed by atoms with Crippen LogP contribution in [0.15, 0.2) is 72.4 Å². The van der Waals surface area contributed by atoms with Crippen LogP contribution in [-0.2, 0) is 9.59 Å². The van der Waals surface area contributed by atoms with E-state index in [1.165, 1.54) is 12.0 Å². The van der Waals surface area contributed by atoms with Gasteiger partial charge >= 0.3 is 0 Å². The van der Waals surface area contributed by atoms with Gasteiger partial charge in [0.2, 0.25) is 0 Å². The zero-order valence-corrected chi connectivity index (χ0v) is 18.8. The molecule has 0 aliphatic carbocycles. The number of nitrogens with one attached hydrogen (secondary N) is 1. The number of ether oxygens (including phenoxy) is 3. The Morgan fingerprint density at radius 2 is 1.42 bits per heavy atom. The van der Waals surface area contributed by atoms with Gasteiger partial charge in [0.1, 0.15) is 22.9 Å². The second-order valence-corrected chi connectivity index (χ2v) is 7.40. The summed E-state index contributed by atoms with van der Waals surface area (Å²) in [4.78, 5) is 28.4. The number of imide groups is 1. The van der Waals surface area contributed by atoms with E-state index in [-0.39, 0.29) is 11.3 Å². The minimum atomic E-state index is -0.446. The number of amides is 2. The zero-order valence-electron chi connectivity index (χ0n) is 18.8. The normalized spacial score (nSPS) is 13.4. The second kappa shape index (κ2) is 9.08. The maximum atomic E-state index is 13.6.